The number of hydrogen-bond donors (Lipinski definition) is 1. The number of alkyl halides is 2. The van der Waals surface area contributed by atoms with Crippen LogP contribution in [0.4, 0.5) is 8.78 Å². The first kappa shape index (κ1) is 9.54. The van der Waals surface area contributed by atoms with E-state index < -0.39 is 6.61 Å². The van der Waals surface area contributed by atoms with Crippen molar-refractivity contribution in [2.24, 2.45) is 0 Å². The van der Waals surface area contributed by atoms with E-state index in [0.717, 1.165) is 10.2 Å². The van der Waals surface area contributed by atoms with Crippen molar-refractivity contribution in [3.05, 3.63) is 22.2 Å². The minimum absolute atomic E-state index is 0.136. The predicted octanol–water partition coefficient (Wildman–Crippen LogP) is 3.56. The Hall–Kier alpha value is -1.01. The monoisotopic (exact) mass is 233 g/mol. The molecule has 74 valence electrons. The number of aromatic amines is 1. The third kappa shape index (κ3) is 1.91. The van der Waals surface area contributed by atoms with E-state index in [2.05, 4.69) is 9.72 Å². The summed E-state index contributed by atoms with van der Waals surface area (Å²) in [6.07, 6.45) is 0. The standard InChI is InChI=1S/C8H5F2NOS2/c9-7(10)12-4-1-2-6-5(3-4)11-8(13)14-6/h1-3,7H,(H,11,13). The van der Waals surface area contributed by atoms with E-state index in [1.807, 2.05) is 0 Å². The normalized spacial score (nSPS) is 11.1. The highest BCUT2D eigenvalue weighted by Gasteiger charge is 2.05. The number of nitrogens with one attached hydrogen (secondary N) is 1. The molecule has 0 bridgehead atoms. The summed E-state index contributed by atoms with van der Waals surface area (Å²) in [4.78, 5) is 2.88. The van der Waals surface area contributed by atoms with Gasteiger partial charge in [0.1, 0.15) is 5.75 Å². The molecule has 0 fully saturated rings. The summed E-state index contributed by atoms with van der Waals surface area (Å²) in [6, 6.07) is 4.70. The van der Waals surface area contributed by atoms with Crippen molar-refractivity contribution in [2.75, 3.05) is 0 Å². The van der Waals surface area contributed by atoms with Crippen LogP contribution in [0, 0.1) is 3.95 Å². The van der Waals surface area contributed by atoms with Gasteiger partial charge >= 0.3 is 6.61 Å². The van der Waals surface area contributed by atoms with Crippen molar-refractivity contribution in [3.63, 3.8) is 0 Å². The second-order valence-electron chi connectivity index (χ2n) is 2.55. The van der Waals surface area contributed by atoms with Gasteiger partial charge < -0.3 is 9.72 Å². The van der Waals surface area contributed by atoms with E-state index in [1.165, 1.54) is 23.5 Å². The van der Waals surface area contributed by atoms with Crippen LogP contribution in [0.3, 0.4) is 0 Å². The third-order valence-electron chi connectivity index (χ3n) is 1.62. The Bertz CT molecular complexity index is 505. The van der Waals surface area contributed by atoms with Gasteiger partial charge in [-0.3, -0.25) is 0 Å². The Labute approximate surface area is 87.1 Å². The summed E-state index contributed by atoms with van der Waals surface area (Å²) >= 11 is 6.31. The summed E-state index contributed by atoms with van der Waals surface area (Å²) in [6.45, 7) is -2.80. The first-order valence-electron chi connectivity index (χ1n) is 3.73. The maximum Gasteiger partial charge on any atom is 0.387 e. The highest BCUT2D eigenvalue weighted by molar-refractivity contribution is 7.73. The number of ether oxygens (including phenoxy) is 1. The Balaban J connectivity index is 2.45. The molecule has 1 aromatic carbocycles. The van der Waals surface area contributed by atoms with Crippen LogP contribution in [-0.4, -0.2) is 11.6 Å². The smallest absolute Gasteiger partial charge is 0.387 e. The molecule has 0 unspecified atom stereocenters. The second-order valence-corrected chi connectivity index (χ2v) is 4.27. The van der Waals surface area contributed by atoms with Crippen LogP contribution in [0.5, 0.6) is 5.75 Å². The molecule has 2 nitrogen and oxygen atoms in total. The van der Waals surface area contributed by atoms with Gasteiger partial charge in [0.2, 0.25) is 0 Å². The number of rotatable bonds is 2. The minimum atomic E-state index is -2.80. The molecular weight excluding hydrogens is 228 g/mol. The Morgan fingerprint density at radius 1 is 1.43 bits per heavy atom. The fourth-order valence-electron chi connectivity index (χ4n) is 1.11. The number of halogens is 2. The first-order valence-corrected chi connectivity index (χ1v) is 4.95. The SMILES string of the molecule is FC(F)Oc1ccc2sc(=S)[nH]c2c1. The van der Waals surface area contributed by atoms with E-state index in [-0.39, 0.29) is 5.75 Å². The molecule has 14 heavy (non-hydrogen) atoms. The van der Waals surface area contributed by atoms with Gasteiger partial charge in [-0.25, -0.2) is 0 Å². The average Bonchev–Trinajstić information content (AvgIpc) is 2.42. The van der Waals surface area contributed by atoms with E-state index in [4.69, 9.17) is 12.2 Å². The van der Waals surface area contributed by atoms with Gasteiger partial charge in [0.25, 0.3) is 0 Å². The maximum absolute atomic E-state index is 11.9. The van der Waals surface area contributed by atoms with Crippen LogP contribution in [-0.2, 0) is 0 Å². The molecule has 2 rings (SSSR count). The molecule has 0 amide bonds. The van der Waals surface area contributed by atoms with Gasteiger partial charge in [-0.1, -0.05) is 0 Å². The van der Waals surface area contributed by atoms with Crippen molar-refractivity contribution >= 4 is 33.8 Å². The lowest BCUT2D eigenvalue weighted by Gasteiger charge is -2.02. The van der Waals surface area contributed by atoms with Gasteiger partial charge in [-0.2, -0.15) is 8.78 Å². The summed E-state index contributed by atoms with van der Waals surface area (Å²) < 4.78 is 29.5. The van der Waals surface area contributed by atoms with Crippen molar-refractivity contribution in [1.29, 1.82) is 0 Å². The fourth-order valence-corrected chi connectivity index (χ4v) is 2.20. The minimum Gasteiger partial charge on any atom is -0.435 e. The number of thiazole rings is 1. The molecule has 0 aliphatic carbocycles. The predicted molar refractivity (Wildman–Crippen MR) is 53.6 cm³/mol. The summed E-state index contributed by atoms with van der Waals surface area (Å²) in [7, 11) is 0. The summed E-state index contributed by atoms with van der Waals surface area (Å²) in [5.74, 6) is 0.136. The molecule has 0 saturated carbocycles. The highest BCUT2D eigenvalue weighted by atomic mass is 32.1. The summed E-state index contributed by atoms with van der Waals surface area (Å²) in [5, 5.41) is 0. The number of benzene rings is 1. The zero-order chi connectivity index (χ0) is 10.1. The number of H-pyrrole nitrogens is 1. The van der Waals surface area contributed by atoms with Crippen LogP contribution in [0.1, 0.15) is 0 Å². The Kier molecular flexibility index (Phi) is 2.47. The van der Waals surface area contributed by atoms with Gasteiger partial charge in [0.15, 0.2) is 3.95 Å². The van der Waals surface area contributed by atoms with Crippen molar-refractivity contribution in [1.82, 2.24) is 4.98 Å². The molecule has 0 saturated heterocycles. The molecule has 0 radical (unpaired) electrons. The van der Waals surface area contributed by atoms with Gasteiger partial charge in [-0.15, -0.1) is 11.3 Å². The van der Waals surface area contributed by atoms with Gasteiger partial charge in [0, 0.05) is 6.07 Å². The zero-order valence-electron chi connectivity index (χ0n) is 6.79. The molecule has 0 aliphatic rings. The van der Waals surface area contributed by atoms with Crippen LogP contribution < -0.4 is 4.74 Å². The van der Waals surface area contributed by atoms with E-state index in [0.29, 0.717) is 3.95 Å². The third-order valence-corrected chi connectivity index (χ3v) is 2.83. The van der Waals surface area contributed by atoms with Crippen LogP contribution in [0.25, 0.3) is 10.2 Å². The maximum atomic E-state index is 11.9. The van der Waals surface area contributed by atoms with Crippen LogP contribution >= 0.6 is 23.6 Å². The Morgan fingerprint density at radius 3 is 2.93 bits per heavy atom. The van der Waals surface area contributed by atoms with Crippen LogP contribution in [0.2, 0.25) is 0 Å². The van der Waals surface area contributed by atoms with Crippen molar-refractivity contribution < 1.29 is 13.5 Å². The van der Waals surface area contributed by atoms with Crippen molar-refractivity contribution in [3.8, 4) is 5.75 Å². The topological polar surface area (TPSA) is 25.0 Å². The van der Waals surface area contributed by atoms with E-state index >= 15 is 0 Å². The lowest BCUT2D eigenvalue weighted by atomic mass is 10.3. The highest BCUT2D eigenvalue weighted by Crippen LogP contribution is 2.24. The summed E-state index contributed by atoms with van der Waals surface area (Å²) in [5.41, 5.74) is 0.721. The van der Waals surface area contributed by atoms with E-state index in [9.17, 15) is 8.78 Å². The van der Waals surface area contributed by atoms with Crippen LogP contribution in [0.15, 0.2) is 18.2 Å². The number of aromatic nitrogens is 1. The van der Waals surface area contributed by atoms with Gasteiger partial charge in [0.05, 0.1) is 10.2 Å². The molecule has 0 spiro atoms. The fraction of sp³-hybridized carbons (Fsp3) is 0.125. The Morgan fingerprint density at radius 2 is 2.21 bits per heavy atom. The largest absolute Gasteiger partial charge is 0.435 e. The molecule has 1 heterocycles. The lowest BCUT2D eigenvalue weighted by Crippen LogP contribution is -2.01. The lowest BCUT2D eigenvalue weighted by molar-refractivity contribution is -0.0497. The molecule has 0 aliphatic heterocycles. The molecule has 0 atom stereocenters. The van der Waals surface area contributed by atoms with E-state index in [1.54, 1.807) is 6.07 Å². The molecular formula is C8H5F2NOS2. The first-order chi connectivity index (χ1) is 6.65. The number of hydrogen-bond acceptors (Lipinski definition) is 3. The van der Waals surface area contributed by atoms with Crippen molar-refractivity contribution in [2.45, 2.75) is 6.61 Å². The number of fused-ring (bicyclic) bond motifs is 1. The molecule has 2 aromatic rings. The van der Waals surface area contributed by atoms with Gasteiger partial charge in [-0.05, 0) is 24.4 Å². The average molecular weight is 233 g/mol. The zero-order valence-corrected chi connectivity index (χ0v) is 8.42. The second kappa shape index (κ2) is 3.62. The molecule has 1 N–H and O–H groups in total. The quantitative estimate of drug-likeness (QED) is 0.802. The molecule has 6 heteroatoms. The molecule has 1 aromatic heterocycles.